The van der Waals surface area contributed by atoms with Crippen LogP contribution in [0.2, 0.25) is 0 Å². The summed E-state index contributed by atoms with van der Waals surface area (Å²) in [7, 11) is 0. The van der Waals surface area contributed by atoms with Crippen molar-refractivity contribution in [3.63, 3.8) is 0 Å². The van der Waals surface area contributed by atoms with Gasteiger partial charge in [-0.25, -0.2) is 9.59 Å². The fourth-order valence-corrected chi connectivity index (χ4v) is 1.76. The van der Waals surface area contributed by atoms with Crippen LogP contribution in [-0.2, 0) is 23.9 Å². The molecule has 0 radical (unpaired) electrons. The van der Waals surface area contributed by atoms with Crippen molar-refractivity contribution in [3.05, 3.63) is 12.2 Å². The Hall–Kier alpha value is -1.89. The van der Waals surface area contributed by atoms with Crippen LogP contribution in [0.4, 0.5) is 0 Å². The van der Waals surface area contributed by atoms with E-state index < -0.39 is 30.0 Å². The molecule has 0 unspecified atom stereocenters. The van der Waals surface area contributed by atoms with Gasteiger partial charge in [-0.15, -0.1) is 0 Å². The molecule has 0 spiro atoms. The second-order valence-electron chi connectivity index (χ2n) is 4.29. The maximum absolute atomic E-state index is 11.7. The maximum atomic E-state index is 11.7. The van der Waals surface area contributed by atoms with E-state index in [2.05, 4.69) is 10.1 Å². The molecule has 0 aliphatic carbocycles. The number of rotatable bonds is 7. The molecule has 20 heavy (non-hydrogen) atoms. The molecule has 2 atom stereocenters. The van der Waals surface area contributed by atoms with Gasteiger partial charge in [0.2, 0.25) is 5.91 Å². The molecule has 0 aromatic heterocycles. The molecule has 1 rings (SSSR count). The molecule has 1 aliphatic heterocycles. The van der Waals surface area contributed by atoms with E-state index in [1.807, 2.05) is 0 Å². The van der Waals surface area contributed by atoms with Crippen LogP contribution in [-0.4, -0.2) is 48.3 Å². The molecule has 7 nitrogen and oxygen atoms in total. The summed E-state index contributed by atoms with van der Waals surface area (Å²) in [5.74, 6) is -2.13. The third-order valence-corrected chi connectivity index (χ3v) is 2.75. The highest BCUT2D eigenvalue weighted by atomic mass is 16.5. The third kappa shape index (κ3) is 5.40. The summed E-state index contributed by atoms with van der Waals surface area (Å²) in [4.78, 5) is 33.9. The van der Waals surface area contributed by atoms with Crippen LogP contribution in [0.5, 0.6) is 0 Å². The van der Waals surface area contributed by atoms with Gasteiger partial charge in [-0.2, -0.15) is 0 Å². The van der Waals surface area contributed by atoms with E-state index in [1.165, 1.54) is 6.08 Å². The molecular formula is C13H19NO6. The largest absolute Gasteiger partial charge is 0.480 e. The minimum Gasteiger partial charge on any atom is -0.480 e. The molecule has 7 heteroatoms. The van der Waals surface area contributed by atoms with E-state index in [0.29, 0.717) is 13.0 Å². The summed E-state index contributed by atoms with van der Waals surface area (Å²) in [5.41, 5.74) is 0. The van der Waals surface area contributed by atoms with E-state index >= 15 is 0 Å². The molecule has 0 aromatic rings. The molecule has 1 heterocycles. The van der Waals surface area contributed by atoms with Crippen molar-refractivity contribution in [1.29, 1.82) is 0 Å². The molecule has 1 saturated heterocycles. The predicted octanol–water partition coefficient (Wildman–Crippen LogP) is 0.244. The topological polar surface area (TPSA) is 102 Å². The first-order valence-corrected chi connectivity index (χ1v) is 6.52. The maximum Gasteiger partial charge on any atom is 0.330 e. The highest BCUT2D eigenvalue weighted by Crippen LogP contribution is 2.12. The number of carboxylic acids is 1. The highest BCUT2D eigenvalue weighted by molar-refractivity contribution is 5.87. The fourth-order valence-electron chi connectivity index (χ4n) is 1.76. The molecule has 1 aliphatic rings. The zero-order chi connectivity index (χ0) is 15.0. The number of carboxylic acid groups (broad SMARTS) is 1. The van der Waals surface area contributed by atoms with Crippen molar-refractivity contribution in [2.24, 2.45) is 0 Å². The number of carbonyl (C=O) groups is 3. The van der Waals surface area contributed by atoms with Crippen molar-refractivity contribution in [2.75, 3.05) is 13.2 Å². The normalized spacial score (nSPS) is 19.8. The Morgan fingerprint density at radius 1 is 1.50 bits per heavy atom. The Balaban J connectivity index is 2.45. The number of amides is 1. The number of ether oxygens (including phenoxy) is 2. The first-order valence-electron chi connectivity index (χ1n) is 6.52. The van der Waals surface area contributed by atoms with E-state index in [-0.39, 0.29) is 13.0 Å². The lowest BCUT2D eigenvalue weighted by Gasteiger charge is -2.15. The van der Waals surface area contributed by atoms with Gasteiger partial charge in [-0.1, -0.05) is 6.08 Å². The van der Waals surface area contributed by atoms with Crippen molar-refractivity contribution in [2.45, 2.75) is 38.3 Å². The van der Waals surface area contributed by atoms with E-state index in [9.17, 15) is 14.4 Å². The third-order valence-electron chi connectivity index (χ3n) is 2.75. The Kier molecular flexibility index (Phi) is 6.72. The monoisotopic (exact) mass is 285 g/mol. The molecule has 2 N–H and O–H groups in total. The molecule has 0 aromatic carbocycles. The summed E-state index contributed by atoms with van der Waals surface area (Å²) in [5, 5.41) is 11.4. The van der Waals surface area contributed by atoms with Gasteiger partial charge < -0.3 is 19.9 Å². The van der Waals surface area contributed by atoms with Gasteiger partial charge >= 0.3 is 11.9 Å². The number of nitrogens with one attached hydrogen (secondary N) is 1. The first kappa shape index (κ1) is 16.2. The summed E-state index contributed by atoms with van der Waals surface area (Å²) >= 11 is 0. The number of hydrogen-bond donors (Lipinski definition) is 2. The van der Waals surface area contributed by atoms with Crippen molar-refractivity contribution in [1.82, 2.24) is 5.32 Å². The van der Waals surface area contributed by atoms with Gasteiger partial charge in [0.05, 0.1) is 6.61 Å². The lowest BCUT2D eigenvalue weighted by molar-refractivity contribution is -0.143. The van der Waals surface area contributed by atoms with Gasteiger partial charge in [0, 0.05) is 12.7 Å². The smallest absolute Gasteiger partial charge is 0.330 e. The molecular weight excluding hydrogens is 266 g/mol. The van der Waals surface area contributed by atoms with E-state index in [4.69, 9.17) is 9.84 Å². The van der Waals surface area contributed by atoms with Crippen LogP contribution in [0, 0.1) is 0 Å². The van der Waals surface area contributed by atoms with E-state index in [0.717, 1.165) is 12.5 Å². The zero-order valence-electron chi connectivity index (χ0n) is 11.3. The standard InChI is InChI=1S/C13H19NO6/c1-2-19-11(15)7-3-5-9(13(17)18)14-12(16)10-6-4-8-20-10/h3,7,9-10H,2,4-6,8H2,1H3,(H,14,16)(H,17,18)/b7-3+/t9-,10+/m1/s1. The highest BCUT2D eigenvalue weighted by Gasteiger charge is 2.27. The van der Waals surface area contributed by atoms with Crippen LogP contribution >= 0.6 is 0 Å². The molecule has 1 amide bonds. The first-order chi connectivity index (χ1) is 9.54. The lowest BCUT2D eigenvalue weighted by atomic mass is 10.1. The van der Waals surface area contributed by atoms with Crippen LogP contribution in [0.25, 0.3) is 0 Å². The van der Waals surface area contributed by atoms with Crippen molar-refractivity contribution < 1.29 is 29.0 Å². The van der Waals surface area contributed by atoms with Crippen molar-refractivity contribution in [3.8, 4) is 0 Å². The second kappa shape index (κ2) is 8.31. The van der Waals surface area contributed by atoms with Gasteiger partial charge in [0.25, 0.3) is 0 Å². The SMILES string of the molecule is CCOC(=O)/C=C/C[C@@H](NC(=O)[C@@H]1CCCO1)C(=O)O. The number of esters is 1. The Bertz CT molecular complexity index is 386. The summed E-state index contributed by atoms with van der Waals surface area (Å²) in [6.07, 6.45) is 3.33. The minimum atomic E-state index is -1.16. The minimum absolute atomic E-state index is 0.00656. The molecule has 112 valence electrons. The molecule has 0 saturated carbocycles. The summed E-state index contributed by atoms with van der Waals surface area (Å²) in [6, 6.07) is -1.09. The van der Waals surface area contributed by atoms with Gasteiger partial charge in [0.15, 0.2) is 0 Å². The summed E-state index contributed by atoms with van der Waals surface area (Å²) < 4.78 is 9.84. The Labute approximate surface area is 116 Å². The zero-order valence-corrected chi connectivity index (χ0v) is 11.3. The summed E-state index contributed by atoms with van der Waals surface area (Å²) in [6.45, 7) is 2.44. The lowest BCUT2D eigenvalue weighted by Crippen LogP contribution is -2.45. The van der Waals surface area contributed by atoms with Crippen LogP contribution < -0.4 is 5.32 Å². The Morgan fingerprint density at radius 3 is 2.80 bits per heavy atom. The van der Waals surface area contributed by atoms with E-state index in [1.54, 1.807) is 6.92 Å². The van der Waals surface area contributed by atoms with Crippen LogP contribution in [0.15, 0.2) is 12.2 Å². The average Bonchev–Trinajstić information content (AvgIpc) is 2.91. The molecule has 0 bridgehead atoms. The second-order valence-corrected chi connectivity index (χ2v) is 4.29. The van der Waals surface area contributed by atoms with Crippen LogP contribution in [0.3, 0.4) is 0 Å². The van der Waals surface area contributed by atoms with Gasteiger partial charge in [-0.3, -0.25) is 4.79 Å². The van der Waals surface area contributed by atoms with Gasteiger partial charge in [-0.05, 0) is 26.2 Å². The van der Waals surface area contributed by atoms with Crippen molar-refractivity contribution >= 4 is 17.8 Å². The van der Waals surface area contributed by atoms with Gasteiger partial charge in [0.1, 0.15) is 12.1 Å². The quantitative estimate of drug-likeness (QED) is 0.513. The fraction of sp³-hybridized carbons (Fsp3) is 0.615. The predicted molar refractivity (Wildman–Crippen MR) is 68.9 cm³/mol. The average molecular weight is 285 g/mol. The van der Waals surface area contributed by atoms with Crippen LogP contribution in [0.1, 0.15) is 26.2 Å². The number of aliphatic carboxylic acids is 1. The molecule has 1 fully saturated rings. The Morgan fingerprint density at radius 2 is 2.25 bits per heavy atom. The number of hydrogen-bond acceptors (Lipinski definition) is 5. The number of carbonyl (C=O) groups excluding carboxylic acids is 2.